The lowest BCUT2D eigenvalue weighted by atomic mass is 10.0. The fraction of sp³-hybridized carbons (Fsp3) is 0.421. The van der Waals surface area contributed by atoms with Crippen molar-refractivity contribution in [3.05, 3.63) is 41.6 Å². The molecule has 1 atom stereocenters. The number of amides is 2. The fourth-order valence-electron chi connectivity index (χ4n) is 2.81. The SMILES string of the molecule is CC(=O)N/C(=C\c1ccccc1)C(=O)OCC(=O)N1CCCC[C@@H]1C. The Bertz CT molecular complexity index is 655. The van der Waals surface area contributed by atoms with E-state index < -0.39 is 5.97 Å². The number of esters is 1. The Hall–Kier alpha value is -2.63. The second kappa shape index (κ2) is 9.01. The molecule has 1 heterocycles. The van der Waals surface area contributed by atoms with E-state index in [1.54, 1.807) is 17.0 Å². The molecule has 134 valence electrons. The molecule has 6 heteroatoms. The van der Waals surface area contributed by atoms with Gasteiger partial charge >= 0.3 is 5.97 Å². The molecule has 1 aromatic carbocycles. The van der Waals surface area contributed by atoms with Crippen LogP contribution in [0, 0.1) is 0 Å². The Kier molecular flexibility index (Phi) is 6.74. The lowest BCUT2D eigenvalue weighted by Gasteiger charge is -2.33. The van der Waals surface area contributed by atoms with Crippen LogP contribution in [0.25, 0.3) is 6.08 Å². The van der Waals surface area contributed by atoms with E-state index in [-0.39, 0.29) is 30.2 Å². The summed E-state index contributed by atoms with van der Waals surface area (Å²) in [5.74, 6) is -1.31. The van der Waals surface area contributed by atoms with Gasteiger partial charge in [0.05, 0.1) is 0 Å². The summed E-state index contributed by atoms with van der Waals surface area (Å²) in [4.78, 5) is 37.6. The van der Waals surface area contributed by atoms with Crippen LogP contribution in [0.2, 0.25) is 0 Å². The van der Waals surface area contributed by atoms with Gasteiger partial charge in [-0.15, -0.1) is 0 Å². The van der Waals surface area contributed by atoms with Crippen molar-refractivity contribution in [2.24, 2.45) is 0 Å². The van der Waals surface area contributed by atoms with E-state index >= 15 is 0 Å². The second-order valence-corrected chi connectivity index (χ2v) is 6.16. The molecule has 6 nitrogen and oxygen atoms in total. The van der Waals surface area contributed by atoms with E-state index in [0.717, 1.165) is 24.8 Å². The lowest BCUT2D eigenvalue weighted by Crippen LogP contribution is -2.44. The van der Waals surface area contributed by atoms with E-state index in [4.69, 9.17) is 4.74 Å². The highest BCUT2D eigenvalue weighted by molar-refractivity contribution is 5.98. The van der Waals surface area contributed by atoms with Crippen LogP contribution < -0.4 is 5.32 Å². The number of piperidine rings is 1. The number of carbonyl (C=O) groups excluding carboxylic acids is 3. The molecular formula is C19H24N2O4. The molecule has 0 unspecified atom stereocenters. The highest BCUT2D eigenvalue weighted by Crippen LogP contribution is 2.16. The number of nitrogens with zero attached hydrogens (tertiary/aromatic N) is 1. The van der Waals surface area contributed by atoms with Gasteiger partial charge in [-0.2, -0.15) is 0 Å². The van der Waals surface area contributed by atoms with Crippen molar-refractivity contribution in [3.8, 4) is 0 Å². The second-order valence-electron chi connectivity index (χ2n) is 6.16. The Morgan fingerprint density at radius 3 is 2.60 bits per heavy atom. The number of hydrogen-bond acceptors (Lipinski definition) is 4. The molecule has 2 amide bonds. The van der Waals surface area contributed by atoms with Crippen LogP contribution in [0.1, 0.15) is 38.7 Å². The fourth-order valence-corrected chi connectivity index (χ4v) is 2.81. The molecule has 1 N–H and O–H groups in total. The highest BCUT2D eigenvalue weighted by atomic mass is 16.5. The molecule has 0 spiro atoms. The summed E-state index contributed by atoms with van der Waals surface area (Å²) in [5.41, 5.74) is 0.761. The van der Waals surface area contributed by atoms with Crippen LogP contribution in [-0.2, 0) is 19.1 Å². The van der Waals surface area contributed by atoms with Crippen molar-refractivity contribution in [1.29, 1.82) is 0 Å². The van der Waals surface area contributed by atoms with Gasteiger partial charge in [0.2, 0.25) is 5.91 Å². The molecule has 0 radical (unpaired) electrons. The first-order valence-electron chi connectivity index (χ1n) is 8.48. The molecule has 1 aliphatic heterocycles. The summed E-state index contributed by atoms with van der Waals surface area (Å²) in [6, 6.07) is 9.26. The number of carbonyl (C=O) groups is 3. The first-order valence-corrected chi connectivity index (χ1v) is 8.48. The minimum absolute atomic E-state index is 0.0122. The lowest BCUT2D eigenvalue weighted by molar-refractivity contribution is -0.151. The van der Waals surface area contributed by atoms with Gasteiger partial charge < -0.3 is 15.0 Å². The van der Waals surface area contributed by atoms with Crippen molar-refractivity contribution in [1.82, 2.24) is 10.2 Å². The molecule has 25 heavy (non-hydrogen) atoms. The molecular weight excluding hydrogens is 320 g/mol. The first kappa shape index (κ1) is 18.7. The molecule has 1 fully saturated rings. The zero-order valence-corrected chi connectivity index (χ0v) is 14.7. The maximum atomic E-state index is 12.3. The Morgan fingerprint density at radius 2 is 1.96 bits per heavy atom. The van der Waals surface area contributed by atoms with Crippen LogP contribution in [0.5, 0.6) is 0 Å². The number of nitrogens with one attached hydrogen (secondary N) is 1. The number of benzene rings is 1. The standard InChI is InChI=1S/C19H24N2O4/c1-14-8-6-7-11-21(14)18(23)13-25-19(24)17(20-15(2)22)12-16-9-4-3-5-10-16/h3-5,9-10,12,14H,6-8,11,13H2,1-2H3,(H,20,22)/b17-12-/t14-/m0/s1. The third kappa shape index (κ3) is 5.74. The molecule has 0 bridgehead atoms. The number of likely N-dealkylation sites (tertiary alicyclic amines) is 1. The summed E-state index contributed by atoms with van der Waals surface area (Å²) in [7, 11) is 0. The van der Waals surface area contributed by atoms with Crippen LogP contribution in [0.15, 0.2) is 36.0 Å². The van der Waals surface area contributed by atoms with E-state index in [1.165, 1.54) is 13.0 Å². The summed E-state index contributed by atoms with van der Waals surface area (Å²) in [6.07, 6.45) is 4.56. The largest absolute Gasteiger partial charge is 0.451 e. The first-order chi connectivity index (χ1) is 12.0. The quantitative estimate of drug-likeness (QED) is 0.656. The van der Waals surface area contributed by atoms with Gasteiger partial charge in [-0.1, -0.05) is 30.3 Å². The zero-order chi connectivity index (χ0) is 18.2. The van der Waals surface area contributed by atoms with Gasteiger partial charge in [-0.25, -0.2) is 4.79 Å². The monoisotopic (exact) mass is 344 g/mol. The van der Waals surface area contributed by atoms with Crippen LogP contribution in [0.3, 0.4) is 0 Å². The minimum atomic E-state index is -0.725. The van der Waals surface area contributed by atoms with Crippen LogP contribution in [-0.4, -0.2) is 41.9 Å². The van der Waals surface area contributed by atoms with Crippen LogP contribution in [0.4, 0.5) is 0 Å². The third-order valence-electron chi connectivity index (χ3n) is 4.09. The number of rotatable bonds is 5. The number of hydrogen-bond donors (Lipinski definition) is 1. The molecule has 1 aromatic rings. The predicted molar refractivity (Wildman–Crippen MR) is 94.2 cm³/mol. The Labute approximate surface area is 147 Å². The highest BCUT2D eigenvalue weighted by Gasteiger charge is 2.24. The van der Waals surface area contributed by atoms with Crippen molar-refractivity contribution in [2.75, 3.05) is 13.2 Å². The molecule has 0 aromatic heterocycles. The predicted octanol–water partition coefficient (Wildman–Crippen LogP) is 2.11. The average Bonchev–Trinajstić information content (AvgIpc) is 2.59. The van der Waals surface area contributed by atoms with E-state index in [9.17, 15) is 14.4 Å². The van der Waals surface area contributed by atoms with Crippen molar-refractivity contribution >= 4 is 23.9 Å². The van der Waals surface area contributed by atoms with Crippen molar-refractivity contribution in [3.63, 3.8) is 0 Å². The third-order valence-corrected chi connectivity index (χ3v) is 4.09. The molecule has 1 aliphatic rings. The van der Waals surface area contributed by atoms with Gasteiger partial charge in [0, 0.05) is 19.5 Å². The number of ether oxygens (including phenoxy) is 1. The summed E-state index contributed by atoms with van der Waals surface area (Å²) in [6.45, 7) is 3.68. The van der Waals surface area contributed by atoms with Gasteiger partial charge in [-0.3, -0.25) is 9.59 Å². The normalized spacial score (nSPS) is 17.8. The summed E-state index contributed by atoms with van der Waals surface area (Å²) >= 11 is 0. The summed E-state index contributed by atoms with van der Waals surface area (Å²) < 4.78 is 5.13. The molecule has 1 saturated heterocycles. The van der Waals surface area contributed by atoms with Gasteiger partial charge in [0.25, 0.3) is 5.91 Å². The molecule has 0 saturated carbocycles. The van der Waals surface area contributed by atoms with Gasteiger partial charge in [0.15, 0.2) is 6.61 Å². The van der Waals surface area contributed by atoms with E-state index in [1.807, 2.05) is 25.1 Å². The van der Waals surface area contributed by atoms with E-state index in [0.29, 0.717) is 6.54 Å². The van der Waals surface area contributed by atoms with Crippen LogP contribution >= 0.6 is 0 Å². The zero-order valence-electron chi connectivity index (χ0n) is 14.7. The summed E-state index contributed by atoms with van der Waals surface area (Å²) in [5, 5.41) is 2.46. The Morgan fingerprint density at radius 1 is 1.24 bits per heavy atom. The molecule has 0 aliphatic carbocycles. The minimum Gasteiger partial charge on any atom is -0.451 e. The Balaban J connectivity index is 2.00. The molecule has 2 rings (SSSR count). The van der Waals surface area contributed by atoms with Crippen molar-refractivity contribution in [2.45, 2.75) is 39.2 Å². The maximum absolute atomic E-state index is 12.3. The maximum Gasteiger partial charge on any atom is 0.355 e. The average molecular weight is 344 g/mol. The van der Waals surface area contributed by atoms with Gasteiger partial charge in [0.1, 0.15) is 5.70 Å². The van der Waals surface area contributed by atoms with E-state index in [2.05, 4.69) is 5.32 Å². The topological polar surface area (TPSA) is 75.7 Å². The van der Waals surface area contributed by atoms with Gasteiger partial charge in [-0.05, 0) is 37.8 Å². The van der Waals surface area contributed by atoms with Crippen molar-refractivity contribution < 1.29 is 19.1 Å². The smallest absolute Gasteiger partial charge is 0.355 e.